The fourth-order valence-corrected chi connectivity index (χ4v) is 2.36. The first kappa shape index (κ1) is 11.4. The molecule has 1 atom stereocenters. The van der Waals surface area contributed by atoms with Gasteiger partial charge in [-0.05, 0) is 33.1 Å². The van der Waals surface area contributed by atoms with Crippen molar-refractivity contribution in [1.29, 1.82) is 0 Å². The van der Waals surface area contributed by atoms with Crippen LogP contribution in [0, 0.1) is 5.92 Å². The van der Waals surface area contributed by atoms with Gasteiger partial charge in [0.25, 0.3) is 0 Å². The second-order valence-corrected chi connectivity index (χ2v) is 5.20. The highest BCUT2D eigenvalue weighted by Crippen LogP contribution is 2.30. The fraction of sp³-hybridized carbons (Fsp3) is 0.833. The number of hydrogen-bond donors (Lipinski definition) is 1. The summed E-state index contributed by atoms with van der Waals surface area (Å²) in [5.41, 5.74) is 0. The number of likely N-dealkylation sites (tertiary alicyclic amines) is 1. The van der Waals surface area contributed by atoms with Gasteiger partial charge in [0.15, 0.2) is 0 Å². The minimum absolute atomic E-state index is 0.0326. The van der Waals surface area contributed by atoms with Gasteiger partial charge in [0.05, 0.1) is 5.92 Å². The van der Waals surface area contributed by atoms with Crippen molar-refractivity contribution in [3.05, 3.63) is 0 Å². The van der Waals surface area contributed by atoms with E-state index in [9.17, 15) is 9.59 Å². The molecule has 1 N–H and O–H groups in total. The van der Waals surface area contributed by atoms with Crippen LogP contribution in [0.1, 0.15) is 39.5 Å². The normalized spacial score (nSPS) is 26.1. The molecule has 2 amide bonds. The molecular weight excluding hydrogens is 204 g/mol. The van der Waals surface area contributed by atoms with Crippen molar-refractivity contribution < 1.29 is 9.59 Å². The summed E-state index contributed by atoms with van der Waals surface area (Å²) in [7, 11) is 0. The maximum Gasteiger partial charge on any atom is 0.225 e. The first-order chi connectivity index (χ1) is 7.58. The number of nitrogens with zero attached hydrogens (tertiary/aromatic N) is 1. The fourth-order valence-electron chi connectivity index (χ4n) is 2.36. The van der Waals surface area contributed by atoms with Gasteiger partial charge in [-0.15, -0.1) is 0 Å². The van der Waals surface area contributed by atoms with Gasteiger partial charge >= 0.3 is 0 Å². The Balaban J connectivity index is 1.90. The molecule has 0 bridgehead atoms. The molecule has 0 spiro atoms. The van der Waals surface area contributed by atoms with Gasteiger partial charge in [0.2, 0.25) is 11.8 Å². The van der Waals surface area contributed by atoms with E-state index in [0.29, 0.717) is 19.0 Å². The van der Waals surface area contributed by atoms with Crippen LogP contribution in [0.2, 0.25) is 0 Å². The van der Waals surface area contributed by atoms with Crippen molar-refractivity contribution in [2.75, 3.05) is 6.54 Å². The quantitative estimate of drug-likeness (QED) is 0.774. The molecule has 1 heterocycles. The van der Waals surface area contributed by atoms with Crippen LogP contribution in [0.4, 0.5) is 0 Å². The third-order valence-corrected chi connectivity index (χ3v) is 3.48. The molecule has 4 nitrogen and oxygen atoms in total. The Bertz CT molecular complexity index is 297. The summed E-state index contributed by atoms with van der Waals surface area (Å²) in [4.78, 5) is 25.5. The van der Waals surface area contributed by atoms with E-state index in [1.165, 1.54) is 6.42 Å². The predicted molar refractivity (Wildman–Crippen MR) is 60.7 cm³/mol. The van der Waals surface area contributed by atoms with Gasteiger partial charge in [-0.1, -0.05) is 0 Å². The van der Waals surface area contributed by atoms with Crippen LogP contribution in [-0.4, -0.2) is 35.3 Å². The highest BCUT2D eigenvalue weighted by molar-refractivity contribution is 5.89. The second-order valence-electron chi connectivity index (χ2n) is 5.20. The van der Waals surface area contributed by atoms with Crippen molar-refractivity contribution >= 4 is 11.8 Å². The Morgan fingerprint density at radius 3 is 2.62 bits per heavy atom. The highest BCUT2D eigenvalue weighted by atomic mass is 16.2. The largest absolute Gasteiger partial charge is 0.354 e. The van der Waals surface area contributed by atoms with E-state index in [4.69, 9.17) is 0 Å². The maximum absolute atomic E-state index is 11.8. The number of hydrogen-bond acceptors (Lipinski definition) is 2. The Morgan fingerprint density at radius 2 is 2.12 bits per heavy atom. The Morgan fingerprint density at radius 1 is 1.44 bits per heavy atom. The van der Waals surface area contributed by atoms with Crippen LogP contribution in [0.5, 0.6) is 0 Å². The monoisotopic (exact) mass is 224 g/mol. The number of amides is 2. The van der Waals surface area contributed by atoms with Crippen LogP contribution in [-0.2, 0) is 9.59 Å². The summed E-state index contributed by atoms with van der Waals surface area (Å²) >= 11 is 0. The zero-order valence-electron chi connectivity index (χ0n) is 10.0. The minimum Gasteiger partial charge on any atom is -0.354 e. The maximum atomic E-state index is 11.8. The lowest BCUT2D eigenvalue weighted by Crippen LogP contribution is -2.42. The number of carbonyl (C=O) groups is 2. The smallest absolute Gasteiger partial charge is 0.225 e. The van der Waals surface area contributed by atoms with E-state index < -0.39 is 0 Å². The lowest BCUT2D eigenvalue weighted by molar-refractivity contribution is -0.131. The van der Waals surface area contributed by atoms with Crippen LogP contribution in [0.25, 0.3) is 0 Å². The third-order valence-electron chi connectivity index (χ3n) is 3.48. The lowest BCUT2D eigenvalue weighted by atomic mass is 9.92. The van der Waals surface area contributed by atoms with Crippen molar-refractivity contribution in [3.63, 3.8) is 0 Å². The van der Waals surface area contributed by atoms with E-state index in [1.807, 2.05) is 18.7 Å². The molecule has 0 radical (unpaired) electrons. The molecule has 2 rings (SSSR count). The average Bonchev–Trinajstić information content (AvgIpc) is 2.44. The SMILES string of the molecule is CC(C)NC(=O)C1CC(=O)N(C2CCC2)C1. The van der Waals surface area contributed by atoms with E-state index in [2.05, 4.69) is 5.32 Å². The van der Waals surface area contributed by atoms with Crippen LogP contribution < -0.4 is 5.32 Å². The van der Waals surface area contributed by atoms with E-state index in [0.717, 1.165) is 12.8 Å². The summed E-state index contributed by atoms with van der Waals surface area (Å²) in [5.74, 6) is 0.0641. The van der Waals surface area contributed by atoms with E-state index >= 15 is 0 Å². The molecule has 1 saturated carbocycles. The average molecular weight is 224 g/mol. The van der Waals surface area contributed by atoms with Gasteiger partial charge in [-0.2, -0.15) is 0 Å². The Kier molecular flexibility index (Phi) is 3.17. The van der Waals surface area contributed by atoms with Crippen molar-refractivity contribution in [2.45, 2.75) is 51.6 Å². The summed E-state index contributed by atoms with van der Waals surface area (Å²) in [6.45, 7) is 4.51. The molecule has 0 aromatic heterocycles. The van der Waals surface area contributed by atoms with Crippen LogP contribution in [0.3, 0.4) is 0 Å². The summed E-state index contributed by atoms with van der Waals surface area (Å²) < 4.78 is 0. The number of nitrogens with one attached hydrogen (secondary N) is 1. The predicted octanol–water partition coefficient (Wildman–Crippen LogP) is 0.912. The molecule has 90 valence electrons. The summed E-state index contributed by atoms with van der Waals surface area (Å²) in [5, 5.41) is 2.88. The topological polar surface area (TPSA) is 49.4 Å². The lowest BCUT2D eigenvalue weighted by Gasteiger charge is -2.34. The van der Waals surface area contributed by atoms with Gasteiger partial charge in [0, 0.05) is 25.0 Å². The third kappa shape index (κ3) is 2.20. The van der Waals surface area contributed by atoms with E-state index in [-0.39, 0.29) is 23.8 Å². The highest BCUT2D eigenvalue weighted by Gasteiger charge is 2.39. The van der Waals surface area contributed by atoms with Crippen molar-refractivity contribution in [3.8, 4) is 0 Å². The molecule has 1 aliphatic carbocycles. The molecule has 2 fully saturated rings. The van der Waals surface area contributed by atoms with Crippen LogP contribution >= 0.6 is 0 Å². The van der Waals surface area contributed by atoms with Gasteiger partial charge in [0.1, 0.15) is 0 Å². The van der Waals surface area contributed by atoms with Gasteiger partial charge < -0.3 is 10.2 Å². The number of carbonyl (C=O) groups excluding carboxylic acids is 2. The van der Waals surface area contributed by atoms with Crippen molar-refractivity contribution in [2.24, 2.45) is 5.92 Å². The summed E-state index contributed by atoms with van der Waals surface area (Å²) in [6.07, 6.45) is 3.85. The number of rotatable bonds is 3. The Labute approximate surface area is 96.4 Å². The Hall–Kier alpha value is -1.06. The van der Waals surface area contributed by atoms with E-state index in [1.54, 1.807) is 0 Å². The standard InChI is InChI=1S/C12H20N2O2/c1-8(2)13-12(16)9-6-11(15)14(7-9)10-4-3-5-10/h8-10H,3-7H2,1-2H3,(H,13,16). The van der Waals surface area contributed by atoms with Gasteiger partial charge in [-0.25, -0.2) is 0 Å². The molecule has 1 unspecified atom stereocenters. The molecule has 16 heavy (non-hydrogen) atoms. The first-order valence-electron chi connectivity index (χ1n) is 6.17. The van der Waals surface area contributed by atoms with Crippen molar-refractivity contribution in [1.82, 2.24) is 10.2 Å². The molecule has 2 aliphatic rings. The zero-order chi connectivity index (χ0) is 11.7. The molecule has 0 aromatic carbocycles. The zero-order valence-corrected chi connectivity index (χ0v) is 10.0. The molecule has 0 aromatic rings. The van der Waals surface area contributed by atoms with Crippen LogP contribution in [0.15, 0.2) is 0 Å². The second kappa shape index (κ2) is 4.44. The van der Waals surface area contributed by atoms with Gasteiger partial charge in [-0.3, -0.25) is 9.59 Å². The molecule has 4 heteroatoms. The molecule has 1 saturated heterocycles. The first-order valence-corrected chi connectivity index (χ1v) is 6.17. The summed E-state index contributed by atoms with van der Waals surface area (Å²) in [6, 6.07) is 0.574. The minimum atomic E-state index is -0.129. The molecule has 1 aliphatic heterocycles. The molecular formula is C12H20N2O2.